The summed E-state index contributed by atoms with van der Waals surface area (Å²) in [6.07, 6.45) is 0. The number of hydrogen-bond donors (Lipinski definition) is 2. The SMILES string of the molecule is COc1ccc2[nH]c(C)c(N(C)C(=O)N(C)O)c2c1C(=O)c1ccc(Cl)cc1. The number of hydrogen-bond acceptors (Lipinski definition) is 4. The van der Waals surface area contributed by atoms with E-state index >= 15 is 0 Å². The highest BCUT2D eigenvalue weighted by atomic mass is 35.5. The first-order chi connectivity index (χ1) is 13.3. The molecule has 0 aliphatic rings. The maximum atomic E-state index is 13.3. The summed E-state index contributed by atoms with van der Waals surface area (Å²) in [5, 5.41) is 11.1. The number of aryl methyl sites for hydroxylation is 1. The Balaban J connectivity index is 2.30. The molecule has 0 aliphatic heterocycles. The van der Waals surface area contributed by atoms with Crippen molar-refractivity contribution in [2.45, 2.75) is 6.92 Å². The van der Waals surface area contributed by atoms with E-state index in [0.717, 1.165) is 0 Å². The number of aromatic nitrogens is 1. The van der Waals surface area contributed by atoms with Gasteiger partial charge < -0.3 is 9.72 Å². The Morgan fingerprint density at radius 2 is 1.75 bits per heavy atom. The van der Waals surface area contributed by atoms with Crippen LogP contribution in [0, 0.1) is 6.92 Å². The topological polar surface area (TPSA) is 85.9 Å². The van der Waals surface area contributed by atoms with E-state index in [2.05, 4.69) is 4.98 Å². The van der Waals surface area contributed by atoms with Gasteiger partial charge in [0.05, 0.1) is 18.4 Å². The smallest absolute Gasteiger partial charge is 0.347 e. The van der Waals surface area contributed by atoms with Gasteiger partial charge in [-0.15, -0.1) is 0 Å². The van der Waals surface area contributed by atoms with Crippen molar-refractivity contribution in [1.29, 1.82) is 0 Å². The lowest BCUT2D eigenvalue weighted by Gasteiger charge is -2.21. The standard InChI is InChI=1S/C20H20ClN3O4/c1-11-18(23(2)20(26)24(3)27)16-14(22-11)9-10-15(28-4)17(16)19(25)12-5-7-13(21)8-6-12/h5-10,22,27H,1-4H3. The van der Waals surface area contributed by atoms with Gasteiger partial charge in [0, 0.05) is 41.3 Å². The number of H-pyrrole nitrogens is 1. The van der Waals surface area contributed by atoms with Crippen LogP contribution in [0.2, 0.25) is 5.02 Å². The van der Waals surface area contributed by atoms with E-state index in [9.17, 15) is 14.8 Å². The van der Waals surface area contributed by atoms with E-state index in [1.807, 2.05) is 0 Å². The van der Waals surface area contributed by atoms with Crippen LogP contribution in [-0.2, 0) is 0 Å². The average molecular weight is 402 g/mol. The zero-order chi connectivity index (χ0) is 20.6. The number of benzene rings is 2. The normalized spacial score (nSPS) is 10.8. The fraction of sp³-hybridized carbons (Fsp3) is 0.200. The largest absolute Gasteiger partial charge is 0.496 e. The fourth-order valence-corrected chi connectivity index (χ4v) is 3.38. The number of rotatable bonds is 4. The van der Waals surface area contributed by atoms with E-state index in [-0.39, 0.29) is 5.78 Å². The molecule has 0 saturated carbocycles. The molecule has 3 aromatic rings. The number of nitrogens with zero attached hydrogens (tertiary/aromatic N) is 2. The van der Waals surface area contributed by atoms with Gasteiger partial charge in [-0.3, -0.25) is 14.9 Å². The molecular weight excluding hydrogens is 382 g/mol. The van der Waals surface area contributed by atoms with E-state index in [1.54, 1.807) is 43.3 Å². The highest BCUT2D eigenvalue weighted by Crippen LogP contribution is 2.38. The number of hydroxylamine groups is 2. The summed E-state index contributed by atoms with van der Waals surface area (Å²) >= 11 is 5.94. The second-order valence-corrected chi connectivity index (χ2v) is 6.80. The summed E-state index contributed by atoms with van der Waals surface area (Å²) in [4.78, 5) is 30.1. The monoisotopic (exact) mass is 401 g/mol. The van der Waals surface area contributed by atoms with E-state index < -0.39 is 6.03 Å². The third-order valence-corrected chi connectivity index (χ3v) is 4.79. The predicted molar refractivity (Wildman–Crippen MR) is 108 cm³/mol. The molecule has 0 bridgehead atoms. The summed E-state index contributed by atoms with van der Waals surface area (Å²) in [5.74, 6) is 0.114. The van der Waals surface area contributed by atoms with Crippen molar-refractivity contribution in [1.82, 2.24) is 10.0 Å². The quantitative estimate of drug-likeness (QED) is 0.389. The van der Waals surface area contributed by atoms with Gasteiger partial charge in [-0.05, 0) is 43.3 Å². The number of halogens is 1. The number of amides is 2. The minimum Gasteiger partial charge on any atom is -0.496 e. The van der Waals surface area contributed by atoms with Gasteiger partial charge in [-0.1, -0.05) is 11.6 Å². The Morgan fingerprint density at radius 1 is 1.11 bits per heavy atom. The van der Waals surface area contributed by atoms with Crippen LogP contribution in [0.1, 0.15) is 21.6 Å². The number of urea groups is 1. The first-order valence-electron chi connectivity index (χ1n) is 8.46. The van der Waals surface area contributed by atoms with Crippen LogP contribution in [0.3, 0.4) is 0 Å². The third kappa shape index (κ3) is 3.30. The zero-order valence-electron chi connectivity index (χ0n) is 15.9. The summed E-state index contributed by atoms with van der Waals surface area (Å²) in [7, 11) is 4.25. The van der Waals surface area contributed by atoms with Gasteiger partial charge >= 0.3 is 6.03 Å². The van der Waals surface area contributed by atoms with Gasteiger partial charge in [-0.2, -0.15) is 0 Å². The molecule has 0 radical (unpaired) electrons. The van der Waals surface area contributed by atoms with Gasteiger partial charge in [0.25, 0.3) is 0 Å². The summed E-state index contributed by atoms with van der Waals surface area (Å²) in [5.41, 5.74) is 2.59. The van der Waals surface area contributed by atoms with Crippen molar-refractivity contribution in [3.8, 4) is 5.75 Å². The number of anilines is 1. The Kier molecular flexibility index (Phi) is 5.31. The number of fused-ring (bicyclic) bond motifs is 1. The number of carbonyl (C=O) groups excluding carboxylic acids is 2. The van der Waals surface area contributed by atoms with Crippen LogP contribution in [0.15, 0.2) is 36.4 Å². The molecule has 28 heavy (non-hydrogen) atoms. The minimum atomic E-state index is -0.642. The molecule has 0 unspecified atom stereocenters. The maximum Gasteiger partial charge on any atom is 0.347 e. The number of ketones is 1. The molecule has 1 aromatic heterocycles. The molecule has 146 valence electrons. The highest BCUT2D eigenvalue weighted by molar-refractivity contribution is 6.31. The minimum absolute atomic E-state index is 0.266. The van der Waals surface area contributed by atoms with Crippen LogP contribution in [-0.4, -0.2) is 48.3 Å². The lowest BCUT2D eigenvalue weighted by atomic mass is 9.97. The molecule has 0 fully saturated rings. The van der Waals surface area contributed by atoms with Crippen LogP contribution in [0.25, 0.3) is 10.9 Å². The predicted octanol–water partition coefficient (Wildman–Crippen LogP) is 4.25. The van der Waals surface area contributed by atoms with Crippen LogP contribution >= 0.6 is 11.6 Å². The first kappa shape index (κ1) is 19.7. The first-order valence-corrected chi connectivity index (χ1v) is 8.83. The van der Waals surface area contributed by atoms with Crippen molar-refractivity contribution in [2.24, 2.45) is 0 Å². The van der Waals surface area contributed by atoms with Crippen molar-refractivity contribution in [3.63, 3.8) is 0 Å². The molecular formula is C20H20ClN3O4. The molecule has 2 amide bonds. The Hall–Kier alpha value is -3.03. The molecule has 8 heteroatoms. The van der Waals surface area contributed by atoms with Crippen LogP contribution < -0.4 is 9.64 Å². The molecule has 7 nitrogen and oxygen atoms in total. The van der Waals surface area contributed by atoms with Crippen molar-refractivity contribution < 1.29 is 19.5 Å². The van der Waals surface area contributed by atoms with Crippen molar-refractivity contribution >= 4 is 40.0 Å². The number of ether oxygens (including phenoxy) is 1. The van der Waals surface area contributed by atoms with Crippen LogP contribution in [0.4, 0.5) is 10.5 Å². The second kappa shape index (κ2) is 7.53. The fourth-order valence-electron chi connectivity index (χ4n) is 3.26. The molecule has 0 atom stereocenters. The number of aromatic amines is 1. The Labute approximate surface area is 167 Å². The highest BCUT2D eigenvalue weighted by Gasteiger charge is 2.27. The lowest BCUT2D eigenvalue weighted by Crippen LogP contribution is -2.37. The average Bonchev–Trinajstić information content (AvgIpc) is 3.01. The number of methoxy groups -OCH3 is 1. The summed E-state index contributed by atoms with van der Waals surface area (Å²) in [6.45, 7) is 1.79. The molecule has 2 N–H and O–H groups in total. The lowest BCUT2D eigenvalue weighted by molar-refractivity contribution is -0.0145. The van der Waals surface area contributed by atoms with Gasteiger partial charge in [-0.25, -0.2) is 9.86 Å². The second-order valence-electron chi connectivity index (χ2n) is 6.37. The Morgan fingerprint density at radius 3 is 2.32 bits per heavy atom. The molecule has 2 aromatic carbocycles. The van der Waals surface area contributed by atoms with E-state index in [4.69, 9.17) is 16.3 Å². The summed E-state index contributed by atoms with van der Waals surface area (Å²) < 4.78 is 5.45. The van der Waals surface area contributed by atoms with Gasteiger partial charge in [0.15, 0.2) is 5.78 Å². The maximum absolute atomic E-state index is 13.3. The number of nitrogens with one attached hydrogen (secondary N) is 1. The Bertz CT molecular complexity index is 1060. The van der Waals surface area contributed by atoms with Gasteiger partial charge in [0.2, 0.25) is 0 Å². The van der Waals surface area contributed by atoms with E-state index in [0.29, 0.717) is 49.2 Å². The van der Waals surface area contributed by atoms with Crippen LogP contribution in [0.5, 0.6) is 5.75 Å². The van der Waals surface area contributed by atoms with Crippen molar-refractivity contribution in [2.75, 3.05) is 26.1 Å². The molecule has 0 saturated heterocycles. The molecule has 0 aliphatic carbocycles. The third-order valence-electron chi connectivity index (χ3n) is 4.53. The molecule has 0 spiro atoms. The molecule has 3 rings (SSSR count). The van der Waals surface area contributed by atoms with Gasteiger partial charge in [0.1, 0.15) is 5.75 Å². The zero-order valence-corrected chi connectivity index (χ0v) is 16.7. The molecule has 1 heterocycles. The number of carbonyl (C=O) groups is 2. The van der Waals surface area contributed by atoms with E-state index in [1.165, 1.54) is 26.1 Å². The summed E-state index contributed by atoms with van der Waals surface area (Å²) in [6, 6.07) is 9.39. The van der Waals surface area contributed by atoms with Crippen molar-refractivity contribution in [3.05, 3.63) is 58.2 Å².